The number of rotatable bonds is 1. The minimum atomic E-state index is -0.417. The second-order valence-corrected chi connectivity index (χ2v) is 5.88. The fourth-order valence-electron chi connectivity index (χ4n) is 3.03. The molecule has 5 heteroatoms. The van der Waals surface area contributed by atoms with E-state index in [1.807, 2.05) is 0 Å². The van der Waals surface area contributed by atoms with Gasteiger partial charge in [-0.3, -0.25) is 14.6 Å². The molecular weight excluding hydrogens is 296 g/mol. The highest BCUT2D eigenvalue weighted by molar-refractivity contribution is 9.10. The van der Waals surface area contributed by atoms with Crippen LogP contribution in [0.15, 0.2) is 22.9 Å². The molecule has 0 N–H and O–H groups in total. The molecule has 2 heterocycles. The number of nitrogens with zero attached hydrogens (tertiary/aromatic N) is 2. The Morgan fingerprint density at radius 3 is 2.67 bits per heavy atom. The molecule has 94 valence electrons. The van der Waals surface area contributed by atoms with Gasteiger partial charge in [0.05, 0.1) is 15.6 Å². The Bertz CT molecular complexity index is 523. The lowest BCUT2D eigenvalue weighted by molar-refractivity contribution is -0.125. The number of pyridine rings is 1. The normalized spacial score (nSPS) is 22.2. The quantitative estimate of drug-likeness (QED) is 0.749. The summed E-state index contributed by atoms with van der Waals surface area (Å²) in [4.78, 5) is 30.0. The number of aromatic nitrogens is 1. The van der Waals surface area contributed by atoms with Crippen molar-refractivity contribution < 1.29 is 9.59 Å². The number of amides is 2. The van der Waals surface area contributed by atoms with Crippen molar-refractivity contribution in [2.24, 2.45) is 5.41 Å². The first kappa shape index (κ1) is 11.8. The van der Waals surface area contributed by atoms with E-state index in [2.05, 4.69) is 20.9 Å². The molecule has 1 aromatic heterocycles. The Morgan fingerprint density at radius 1 is 1.28 bits per heavy atom. The molecule has 1 saturated carbocycles. The smallest absolute Gasteiger partial charge is 0.240 e. The second-order valence-electron chi connectivity index (χ2n) is 5.03. The molecule has 1 aliphatic carbocycles. The van der Waals surface area contributed by atoms with Crippen LogP contribution in [0.25, 0.3) is 0 Å². The third-order valence-corrected chi connectivity index (χ3v) is 4.56. The number of hydrogen-bond acceptors (Lipinski definition) is 3. The van der Waals surface area contributed by atoms with Crippen LogP contribution in [0.3, 0.4) is 0 Å². The molecule has 2 aliphatic rings. The highest BCUT2D eigenvalue weighted by Crippen LogP contribution is 2.48. The Morgan fingerprint density at radius 2 is 2.00 bits per heavy atom. The number of hydrogen-bond donors (Lipinski definition) is 0. The van der Waals surface area contributed by atoms with Crippen molar-refractivity contribution in [3.05, 3.63) is 22.9 Å². The van der Waals surface area contributed by atoms with Gasteiger partial charge >= 0.3 is 0 Å². The van der Waals surface area contributed by atoms with Crippen LogP contribution in [0.5, 0.6) is 0 Å². The molecule has 0 unspecified atom stereocenters. The minimum Gasteiger partial charge on any atom is -0.274 e. The summed E-state index contributed by atoms with van der Waals surface area (Å²) in [6, 6.07) is 1.70. The van der Waals surface area contributed by atoms with Gasteiger partial charge in [-0.1, -0.05) is 12.8 Å². The van der Waals surface area contributed by atoms with Gasteiger partial charge in [0.15, 0.2) is 0 Å². The first-order valence-electron chi connectivity index (χ1n) is 6.11. The third-order valence-electron chi connectivity index (χ3n) is 3.95. The summed E-state index contributed by atoms with van der Waals surface area (Å²) in [5, 5.41) is 0. The standard InChI is InChI=1S/C13H13BrN2O2/c14-9-8-15-6-3-10(9)16-11(17)7-13(12(16)18)4-1-2-5-13/h3,6,8H,1-2,4-5,7H2. The fourth-order valence-corrected chi connectivity index (χ4v) is 3.46. The third kappa shape index (κ3) is 1.61. The summed E-state index contributed by atoms with van der Waals surface area (Å²) in [7, 11) is 0. The van der Waals surface area contributed by atoms with Crippen LogP contribution >= 0.6 is 15.9 Å². The average Bonchev–Trinajstić information content (AvgIpc) is 2.89. The van der Waals surface area contributed by atoms with Crippen LogP contribution in [0.2, 0.25) is 0 Å². The SMILES string of the molecule is O=C1CC2(CCCC2)C(=O)N1c1ccncc1Br. The molecule has 3 rings (SSSR count). The molecule has 1 saturated heterocycles. The van der Waals surface area contributed by atoms with Crippen LogP contribution in [0.4, 0.5) is 5.69 Å². The van der Waals surface area contributed by atoms with Gasteiger partial charge in [0.25, 0.3) is 0 Å². The molecule has 2 amide bonds. The Balaban J connectivity index is 2.01. The van der Waals surface area contributed by atoms with Gasteiger partial charge in [-0.25, -0.2) is 4.90 Å². The lowest BCUT2D eigenvalue weighted by Crippen LogP contribution is -2.34. The maximum atomic E-state index is 12.6. The lowest BCUT2D eigenvalue weighted by Gasteiger charge is -2.21. The molecule has 0 atom stereocenters. The van der Waals surface area contributed by atoms with Crippen LogP contribution < -0.4 is 4.90 Å². The Hall–Kier alpha value is -1.23. The van der Waals surface area contributed by atoms with Gasteiger partial charge in [0.2, 0.25) is 11.8 Å². The Kier molecular flexibility index (Phi) is 2.73. The van der Waals surface area contributed by atoms with Gasteiger partial charge in [0.1, 0.15) is 0 Å². The van der Waals surface area contributed by atoms with Crippen molar-refractivity contribution in [2.75, 3.05) is 4.90 Å². The molecule has 0 radical (unpaired) electrons. The first-order chi connectivity index (χ1) is 8.64. The van der Waals surface area contributed by atoms with Crippen molar-refractivity contribution in [3.8, 4) is 0 Å². The number of imide groups is 1. The largest absolute Gasteiger partial charge is 0.274 e. The molecule has 1 aromatic rings. The minimum absolute atomic E-state index is 0.0306. The Labute approximate surface area is 114 Å². The number of anilines is 1. The summed E-state index contributed by atoms with van der Waals surface area (Å²) in [5.74, 6) is -0.120. The number of carbonyl (C=O) groups is 2. The molecule has 18 heavy (non-hydrogen) atoms. The summed E-state index contributed by atoms with van der Waals surface area (Å²) >= 11 is 3.35. The van der Waals surface area contributed by atoms with Crippen LogP contribution in [0, 0.1) is 5.41 Å². The predicted octanol–water partition coefficient (Wildman–Crippen LogP) is 2.67. The van der Waals surface area contributed by atoms with Crippen LogP contribution in [-0.4, -0.2) is 16.8 Å². The van der Waals surface area contributed by atoms with E-state index in [0.29, 0.717) is 16.6 Å². The van der Waals surface area contributed by atoms with E-state index < -0.39 is 5.41 Å². The monoisotopic (exact) mass is 308 g/mol. The highest BCUT2D eigenvalue weighted by Gasteiger charge is 2.53. The maximum Gasteiger partial charge on any atom is 0.240 e. The number of carbonyl (C=O) groups excluding carboxylic acids is 2. The summed E-state index contributed by atoms with van der Waals surface area (Å²) in [5.41, 5.74) is 0.198. The molecule has 0 aromatic carbocycles. The molecule has 1 aliphatic heterocycles. The van der Waals surface area contributed by atoms with Gasteiger partial charge in [-0.05, 0) is 34.8 Å². The molecule has 2 fully saturated rings. The molecule has 4 nitrogen and oxygen atoms in total. The predicted molar refractivity (Wildman–Crippen MR) is 69.9 cm³/mol. The average molecular weight is 309 g/mol. The zero-order valence-electron chi connectivity index (χ0n) is 9.86. The van der Waals surface area contributed by atoms with Gasteiger partial charge in [-0.15, -0.1) is 0 Å². The lowest BCUT2D eigenvalue weighted by atomic mass is 9.84. The zero-order chi connectivity index (χ0) is 12.8. The number of halogens is 1. The van der Waals surface area contributed by atoms with Crippen molar-refractivity contribution in [2.45, 2.75) is 32.1 Å². The van der Waals surface area contributed by atoms with Gasteiger partial charge in [-0.2, -0.15) is 0 Å². The van der Waals surface area contributed by atoms with Crippen molar-refractivity contribution in [3.63, 3.8) is 0 Å². The first-order valence-corrected chi connectivity index (χ1v) is 6.90. The molecular formula is C13H13BrN2O2. The van der Waals surface area contributed by atoms with Crippen molar-refractivity contribution in [1.82, 2.24) is 4.98 Å². The summed E-state index contributed by atoms with van der Waals surface area (Å²) in [6.07, 6.45) is 7.35. The second kappa shape index (κ2) is 4.16. The molecule has 1 spiro atoms. The van der Waals surface area contributed by atoms with Crippen LogP contribution in [-0.2, 0) is 9.59 Å². The topological polar surface area (TPSA) is 50.3 Å². The summed E-state index contributed by atoms with van der Waals surface area (Å²) in [6.45, 7) is 0. The van der Waals surface area contributed by atoms with E-state index in [9.17, 15) is 9.59 Å². The van der Waals surface area contributed by atoms with Gasteiger partial charge in [0, 0.05) is 18.8 Å². The van der Waals surface area contributed by atoms with E-state index in [1.54, 1.807) is 18.5 Å². The maximum absolute atomic E-state index is 12.6. The van der Waals surface area contributed by atoms with E-state index in [0.717, 1.165) is 25.7 Å². The molecule has 0 bridgehead atoms. The van der Waals surface area contributed by atoms with E-state index in [4.69, 9.17) is 0 Å². The zero-order valence-corrected chi connectivity index (χ0v) is 11.4. The van der Waals surface area contributed by atoms with E-state index >= 15 is 0 Å². The fraction of sp³-hybridized carbons (Fsp3) is 0.462. The van der Waals surface area contributed by atoms with Gasteiger partial charge < -0.3 is 0 Å². The van der Waals surface area contributed by atoms with Crippen molar-refractivity contribution in [1.29, 1.82) is 0 Å². The van der Waals surface area contributed by atoms with Crippen molar-refractivity contribution >= 4 is 33.4 Å². The highest BCUT2D eigenvalue weighted by atomic mass is 79.9. The van der Waals surface area contributed by atoms with E-state index in [1.165, 1.54) is 4.90 Å². The summed E-state index contributed by atoms with van der Waals surface area (Å²) < 4.78 is 0.682. The van der Waals surface area contributed by atoms with Crippen LogP contribution in [0.1, 0.15) is 32.1 Å². The van der Waals surface area contributed by atoms with E-state index in [-0.39, 0.29) is 11.8 Å².